The Labute approximate surface area is 121 Å². The molecule has 2 heterocycles. The number of anilines is 1. The molecular weight excluding hydrogens is 280 g/mol. The summed E-state index contributed by atoms with van der Waals surface area (Å²) in [7, 11) is 0. The van der Waals surface area contributed by atoms with Crippen molar-refractivity contribution in [1.29, 1.82) is 0 Å². The lowest BCUT2D eigenvalue weighted by Crippen LogP contribution is -2.42. The highest BCUT2D eigenvalue weighted by Gasteiger charge is 2.24. The van der Waals surface area contributed by atoms with Gasteiger partial charge in [-0.05, 0) is 13.8 Å². The highest BCUT2D eigenvalue weighted by Crippen LogP contribution is 2.28. The maximum Gasteiger partial charge on any atom is 0.413 e. The van der Waals surface area contributed by atoms with Gasteiger partial charge in [0.1, 0.15) is 0 Å². The van der Waals surface area contributed by atoms with Crippen LogP contribution in [0.4, 0.5) is 14.7 Å². The van der Waals surface area contributed by atoms with Gasteiger partial charge in [-0.3, -0.25) is 5.32 Å². The summed E-state index contributed by atoms with van der Waals surface area (Å²) in [5.74, 6) is 0. The Bertz CT molecular complexity index is 503. The molecule has 0 saturated carbocycles. The van der Waals surface area contributed by atoms with Crippen LogP contribution in [0.15, 0.2) is 0 Å². The number of nitrogens with one attached hydrogen (secondary N) is 2. The van der Waals surface area contributed by atoms with Gasteiger partial charge in [-0.1, -0.05) is 11.3 Å². The van der Waals surface area contributed by atoms with Gasteiger partial charge in [0, 0.05) is 24.4 Å². The van der Waals surface area contributed by atoms with Crippen LogP contribution in [0.5, 0.6) is 0 Å². The molecule has 0 spiro atoms. The fourth-order valence-corrected chi connectivity index (χ4v) is 2.95. The number of fused-ring (bicyclic) bond motifs is 1. The first kappa shape index (κ1) is 14.6. The molecule has 20 heavy (non-hydrogen) atoms. The summed E-state index contributed by atoms with van der Waals surface area (Å²) in [4.78, 5) is 30.2. The van der Waals surface area contributed by atoms with Crippen LogP contribution in [0, 0.1) is 0 Å². The zero-order chi connectivity index (χ0) is 14.5. The molecule has 1 aliphatic rings. The largest absolute Gasteiger partial charge is 0.450 e. The summed E-state index contributed by atoms with van der Waals surface area (Å²) in [5.41, 5.74) is 0.947. The van der Waals surface area contributed by atoms with E-state index in [1.807, 2.05) is 6.92 Å². The number of carbonyl (C=O) groups is 2. The molecule has 1 aliphatic heterocycles. The zero-order valence-electron chi connectivity index (χ0n) is 11.6. The second-order valence-electron chi connectivity index (χ2n) is 4.24. The molecule has 0 radical (unpaired) electrons. The normalized spacial score (nSPS) is 13.6. The Hall–Kier alpha value is -1.83. The van der Waals surface area contributed by atoms with Crippen molar-refractivity contribution < 1.29 is 14.3 Å². The number of thiazole rings is 1. The average Bonchev–Trinajstić information content (AvgIpc) is 2.80. The predicted molar refractivity (Wildman–Crippen MR) is 75.9 cm³/mol. The lowest BCUT2D eigenvalue weighted by molar-refractivity contribution is 0.168. The monoisotopic (exact) mass is 298 g/mol. The van der Waals surface area contributed by atoms with Gasteiger partial charge in [-0.25, -0.2) is 14.6 Å². The molecule has 110 valence electrons. The highest BCUT2D eigenvalue weighted by molar-refractivity contribution is 7.15. The van der Waals surface area contributed by atoms with Crippen molar-refractivity contribution in [2.75, 3.05) is 25.0 Å². The molecule has 0 aliphatic carbocycles. The van der Waals surface area contributed by atoms with E-state index in [0.717, 1.165) is 10.6 Å². The van der Waals surface area contributed by atoms with Crippen molar-refractivity contribution in [3.8, 4) is 0 Å². The van der Waals surface area contributed by atoms with Gasteiger partial charge in [0.25, 0.3) is 0 Å². The molecule has 2 N–H and O–H groups in total. The lowest BCUT2D eigenvalue weighted by atomic mass is 10.2. The number of nitrogens with zero attached hydrogens (tertiary/aromatic N) is 2. The topological polar surface area (TPSA) is 83.6 Å². The van der Waals surface area contributed by atoms with E-state index in [2.05, 4.69) is 15.6 Å². The lowest BCUT2D eigenvalue weighted by Gasteiger charge is -2.25. The number of ether oxygens (including phenoxy) is 1. The van der Waals surface area contributed by atoms with Crippen molar-refractivity contribution >= 4 is 28.6 Å². The van der Waals surface area contributed by atoms with Crippen LogP contribution >= 0.6 is 11.3 Å². The second kappa shape index (κ2) is 6.56. The van der Waals surface area contributed by atoms with Crippen LogP contribution in [0.2, 0.25) is 0 Å². The number of amides is 3. The summed E-state index contributed by atoms with van der Waals surface area (Å²) in [6, 6.07) is -0.0635. The number of urea groups is 1. The van der Waals surface area contributed by atoms with E-state index in [0.29, 0.717) is 37.8 Å². The standard InChI is InChI=1S/C12H18N4O3S/c1-3-13-11(17)16-6-5-8-9(7-16)20-10(14-8)15-12(18)19-4-2/h3-7H2,1-2H3,(H,13,17)(H,14,15,18). The molecule has 1 aromatic rings. The smallest absolute Gasteiger partial charge is 0.413 e. The highest BCUT2D eigenvalue weighted by atomic mass is 32.1. The Kier molecular flexibility index (Phi) is 4.78. The third kappa shape index (κ3) is 3.38. The molecule has 0 unspecified atom stereocenters. The number of hydrogen-bond donors (Lipinski definition) is 2. The summed E-state index contributed by atoms with van der Waals surface area (Å²) in [6.07, 6.45) is 0.201. The van der Waals surface area contributed by atoms with Crippen molar-refractivity contribution in [1.82, 2.24) is 15.2 Å². The van der Waals surface area contributed by atoms with E-state index in [1.54, 1.807) is 11.8 Å². The molecule has 0 fully saturated rings. The number of carbonyl (C=O) groups excluding carboxylic acids is 2. The number of aromatic nitrogens is 1. The summed E-state index contributed by atoms with van der Waals surface area (Å²) in [6.45, 7) is 5.74. The molecule has 0 saturated heterocycles. The first-order chi connectivity index (χ1) is 9.63. The minimum atomic E-state index is -0.501. The van der Waals surface area contributed by atoms with Crippen molar-refractivity contribution in [2.24, 2.45) is 0 Å². The molecule has 3 amide bonds. The Morgan fingerprint density at radius 1 is 1.45 bits per heavy atom. The van der Waals surface area contributed by atoms with Gasteiger partial charge < -0.3 is 15.0 Å². The molecule has 0 aromatic carbocycles. The minimum Gasteiger partial charge on any atom is -0.450 e. The summed E-state index contributed by atoms with van der Waals surface area (Å²) >= 11 is 1.38. The number of hydrogen-bond acceptors (Lipinski definition) is 5. The SMILES string of the molecule is CCNC(=O)N1CCc2nc(NC(=O)OCC)sc2C1. The van der Waals surface area contributed by atoms with Crippen LogP contribution in [0.25, 0.3) is 0 Å². The third-order valence-corrected chi connectivity index (χ3v) is 3.83. The summed E-state index contributed by atoms with van der Waals surface area (Å²) in [5, 5.41) is 5.90. The van der Waals surface area contributed by atoms with E-state index < -0.39 is 6.09 Å². The Balaban J connectivity index is 2.00. The molecule has 8 heteroatoms. The molecule has 0 atom stereocenters. The first-order valence-electron chi connectivity index (χ1n) is 6.59. The summed E-state index contributed by atoms with van der Waals surface area (Å²) < 4.78 is 4.81. The van der Waals surface area contributed by atoms with Crippen LogP contribution in [-0.4, -0.2) is 41.7 Å². The van der Waals surface area contributed by atoms with Crippen molar-refractivity contribution in [3.63, 3.8) is 0 Å². The molecular formula is C12H18N4O3S. The number of rotatable bonds is 3. The molecule has 0 bridgehead atoms. The first-order valence-corrected chi connectivity index (χ1v) is 7.40. The van der Waals surface area contributed by atoms with E-state index in [-0.39, 0.29) is 6.03 Å². The fraction of sp³-hybridized carbons (Fsp3) is 0.583. The van der Waals surface area contributed by atoms with E-state index in [4.69, 9.17) is 4.74 Å². The zero-order valence-corrected chi connectivity index (χ0v) is 12.4. The molecule has 2 rings (SSSR count). The van der Waals surface area contributed by atoms with E-state index >= 15 is 0 Å². The van der Waals surface area contributed by atoms with Crippen molar-refractivity contribution in [2.45, 2.75) is 26.8 Å². The Morgan fingerprint density at radius 3 is 2.95 bits per heavy atom. The van der Waals surface area contributed by atoms with E-state index in [9.17, 15) is 9.59 Å². The van der Waals surface area contributed by atoms with Gasteiger partial charge >= 0.3 is 12.1 Å². The quantitative estimate of drug-likeness (QED) is 0.891. The average molecular weight is 298 g/mol. The van der Waals surface area contributed by atoms with Gasteiger partial charge in [-0.15, -0.1) is 0 Å². The van der Waals surface area contributed by atoms with Crippen LogP contribution in [0.3, 0.4) is 0 Å². The maximum atomic E-state index is 11.8. The van der Waals surface area contributed by atoms with Gasteiger partial charge in [0.2, 0.25) is 0 Å². The van der Waals surface area contributed by atoms with Crippen LogP contribution < -0.4 is 10.6 Å². The van der Waals surface area contributed by atoms with E-state index in [1.165, 1.54) is 11.3 Å². The third-order valence-electron chi connectivity index (χ3n) is 2.83. The van der Waals surface area contributed by atoms with Gasteiger partial charge in [0.15, 0.2) is 5.13 Å². The van der Waals surface area contributed by atoms with Gasteiger partial charge in [0.05, 0.1) is 18.8 Å². The van der Waals surface area contributed by atoms with Gasteiger partial charge in [-0.2, -0.15) is 0 Å². The van der Waals surface area contributed by atoms with Crippen LogP contribution in [-0.2, 0) is 17.7 Å². The molecule has 7 nitrogen and oxygen atoms in total. The predicted octanol–water partition coefficient (Wildman–Crippen LogP) is 1.80. The second-order valence-corrected chi connectivity index (χ2v) is 5.33. The minimum absolute atomic E-state index is 0.0635. The molecule has 1 aromatic heterocycles. The maximum absolute atomic E-state index is 11.8. The van der Waals surface area contributed by atoms with Crippen molar-refractivity contribution in [3.05, 3.63) is 10.6 Å². The Morgan fingerprint density at radius 2 is 2.25 bits per heavy atom. The van der Waals surface area contributed by atoms with Crippen LogP contribution in [0.1, 0.15) is 24.4 Å². The fourth-order valence-electron chi connectivity index (χ4n) is 1.94.